The van der Waals surface area contributed by atoms with Gasteiger partial charge in [-0.2, -0.15) is 5.26 Å². The van der Waals surface area contributed by atoms with Gasteiger partial charge in [0.2, 0.25) is 0 Å². The fourth-order valence-corrected chi connectivity index (χ4v) is 3.03. The summed E-state index contributed by atoms with van der Waals surface area (Å²) in [6.07, 6.45) is 2.32. The number of nitriles is 1. The largest absolute Gasteiger partial charge is 0.452 e. The molecule has 1 amide bonds. The van der Waals surface area contributed by atoms with E-state index < -0.39 is 24.3 Å². The average molecular weight is 449 g/mol. The SMILES string of the molecule is N#CCSc1ccccc1NC(=O)COC(=O)/C=C/c1cc(Br)ccc1F. The monoisotopic (exact) mass is 448 g/mol. The Morgan fingerprint density at radius 3 is 2.85 bits per heavy atom. The van der Waals surface area contributed by atoms with Crippen molar-refractivity contribution in [3.8, 4) is 6.07 Å². The van der Waals surface area contributed by atoms with Gasteiger partial charge < -0.3 is 10.1 Å². The van der Waals surface area contributed by atoms with E-state index in [0.717, 1.165) is 11.0 Å². The fraction of sp³-hybridized carbons (Fsp3) is 0.105. The van der Waals surface area contributed by atoms with Crippen LogP contribution >= 0.6 is 27.7 Å². The van der Waals surface area contributed by atoms with Gasteiger partial charge in [0.1, 0.15) is 5.82 Å². The minimum atomic E-state index is -0.767. The quantitative estimate of drug-likeness (QED) is 0.385. The lowest BCUT2D eigenvalue weighted by atomic mass is 10.2. The maximum Gasteiger partial charge on any atom is 0.331 e. The number of para-hydroxylation sites is 1. The predicted molar refractivity (Wildman–Crippen MR) is 106 cm³/mol. The van der Waals surface area contributed by atoms with Gasteiger partial charge in [-0.25, -0.2) is 9.18 Å². The third-order valence-electron chi connectivity index (χ3n) is 3.16. The molecule has 0 saturated heterocycles. The fourth-order valence-electron chi connectivity index (χ4n) is 1.98. The number of thioether (sulfide) groups is 1. The number of carbonyl (C=O) groups excluding carboxylic acids is 2. The van der Waals surface area contributed by atoms with E-state index >= 15 is 0 Å². The zero-order valence-electron chi connectivity index (χ0n) is 13.9. The Labute approximate surface area is 168 Å². The number of halogens is 2. The molecule has 0 unspecified atom stereocenters. The van der Waals surface area contributed by atoms with E-state index in [4.69, 9.17) is 10.00 Å². The van der Waals surface area contributed by atoms with E-state index in [1.807, 2.05) is 6.07 Å². The summed E-state index contributed by atoms with van der Waals surface area (Å²) in [6.45, 7) is -0.485. The third kappa shape index (κ3) is 6.89. The number of hydrogen-bond acceptors (Lipinski definition) is 5. The van der Waals surface area contributed by atoms with Crippen molar-refractivity contribution in [2.75, 3.05) is 17.7 Å². The molecule has 0 radical (unpaired) electrons. The lowest BCUT2D eigenvalue weighted by molar-refractivity contribution is -0.142. The minimum absolute atomic E-state index is 0.217. The summed E-state index contributed by atoms with van der Waals surface area (Å²) in [5.74, 6) is -1.52. The van der Waals surface area contributed by atoms with E-state index in [1.165, 1.54) is 30.0 Å². The maximum atomic E-state index is 13.6. The third-order valence-corrected chi connectivity index (χ3v) is 4.59. The number of nitrogens with zero attached hydrogens (tertiary/aromatic N) is 1. The number of anilines is 1. The minimum Gasteiger partial charge on any atom is -0.452 e. The van der Waals surface area contributed by atoms with Crippen LogP contribution in [0.1, 0.15) is 5.56 Å². The van der Waals surface area contributed by atoms with Crippen molar-refractivity contribution >= 4 is 51.3 Å². The number of hydrogen-bond donors (Lipinski definition) is 1. The van der Waals surface area contributed by atoms with Gasteiger partial charge in [0, 0.05) is 21.0 Å². The van der Waals surface area contributed by atoms with Crippen LogP contribution in [0.15, 0.2) is 57.9 Å². The molecule has 0 heterocycles. The highest BCUT2D eigenvalue weighted by Gasteiger charge is 2.09. The van der Waals surface area contributed by atoms with Gasteiger partial charge in [0.15, 0.2) is 6.61 Å². The Kier molecular flexibility index (Phi) is 8.04. The Hall–Kier alpha value is -2.63. The summed E-state index contributed by atoms with van der Waals surface area (Å²) in [4.78, 5) is 24.4. The number of esters is 1. The summed E-state index contributed by atoms with van der Waals surface area (Å²) in [7, 11) is 0. The number of benzene rings is 2. The van der Waals surface area contributed by atoms with Crippen LogP contribution < -0.4 is 5.32 Å². The van der Waals surface area contributed by atoms with Gasteiger partial charge in [-0.15, -0.1) is 11.8 Å². The standard InChI is InChI=1S/C19H14BrFN2O3S/c20-14-6-7-15(21)13(11-14)5-8-19(25)26-12-18(24)23-16-3-1-2-4-17(16)27-10-9-22/h1-8,11H,10,12H2,(H,23,24)/b8-5+. The molecule has 0 fully saturated rings. The zero-order chi connectivity index (χ0) is 19.6. The summed E-state index contributed by atoms with van der Waals surface area (Å²) >= 11 is 4.50. The van der Waals surface area contributed by atoms with Crippen LogP contribution in [0.2, 0.25) is 0 Å². The van der Waals surface area contributed by atoms with Gasteiger partial charge in [-0.3, -0.25) is 4.79 Å². The second-order valence-corrected chi connectivity index (χ2v) is 7.03. The molecule has 0 aromatic heterocycles. The van der Waals surface area contributed by atoms with Gasteiger partial charge in [0.25, 0.3) is 5.91 Å². The summed E-state index contributed by atoms with van der Waals surface area (Å²) < 4.78 is 19.1. The van der Waals surface area contributed by atoms with Crippen LogP contribution in [0, 0.1) is 17.1 Å². The van der Waals surface area contributed by atoms with Crippen molar-refractivity contribution in [3.63, 3.8) is 0 Å². The van der Waals surface area contributed by atoms with Gasteiger partial charge in [0.05, 0.1) is 17.5 Å². The smallest absolute Gasteiger partial charge is 0.331 e. The first-order valence-electron chi connectivity index (χ1n) is 7.68. The van der Waals surface area contributed by atoms with E-state index in [0.29, 0.717) is 10.2 Å². The molecule has 0 bridgehead atoms. The molecule has 2 aromatic rings. The Bertz CT molecular complexity index is 912. The highest BCUT2D eigenvalue weighted by atomic mass is 79.9. The van der Waals surface area contributed by atoms with E-state index in [1.54, 1.807) is 30.3 Å². The van der Waals surface area contributed by atoms with Crippen LogP contribution in [0.5, 0.6) is 0 Å². The van der Waals surface area contributed by atoms with Crippen molar-refractivity contribution in [3.05, 3.63) is 64.4 Å². The first-order valence-corrected chi connectivity index (χ1v) is 9.46. The van der Waals surface area contributed by atoms with Gasteiger partial charge in [-0.1, -0.05) is 28.1 Å². The zero-order valence-corrected chi connectivity index (χ0v) is 16.3. The molecule has 0 aliphatic carbocycles. The molecular weight excluding hydrogens is 435 g/mol. The molecular formula is C19H14BrFN2O3S. The molecule has 0 aliphatic heterocycles. The van der Waals surface area contributed by atoms with Crippen molar-refractivity contribution in [1.29, 1.82) is 5.26 Å². The number of amides is 1. The molecule has 0 saturated carbocycles. The van der Waals surface area contributed by atoms with Crippen molar-refractivity contribution in [2.24, 2.45) is 0 Å². The molecule has 0 aliphatic rings. The van der Waals surface area contributed by atoms with Crippen LogP contribution in [0.25, 0.3) is 6.08 Å². The average Bonchev–Trinajstić information content (AvgIpc) is 2.66. The molecule has 1 N–H and O–H groups in total. The molecule has 2 rings (SSSR count). The van der Waals surface area contributed by atoms with Gasteiger partial charge >= 0.3 is 5.97 Å². The second-order valence-electron chi connectivity index (χ2n) is 5.10. The molecule has 2 aromatic carbocycles. The van der Waals surface area contributed by atoms with Crippen LogP contribution in [-0.4, -0.2) is 24.2 Å². The number of rotatable bonds is 7. The van der Waals surface area contributed by atoms with E-state index in [9.17, 15) is 14.0 Å². The van der Waals surface area contributed by atoms with Crippen LogP contribution in [-0.2, 0) is 14.3 Å². The van der Waals surface area contributed by atoms with Gasteiger partial charge in [-0.05, 0) is 36.4 Å². The number of ether oxygens (including phenoxy) is 1. The Balaban J connectivity index is 1.88. The molecule has 138 valence electrons. The second kappa shape index (κ2) is 10.5. The maximum absolute atomic E-state index is 13.6. The number of carbonyl (C=O) groups is 2. The summed E-state index contributed by atoms with van der Waals surface area (Å²) in [5.41, 5.74) is 0.750. The predicted octanol–water partition coefficient (Wildman–Crippen LogP) is 4.40. The van der Waals surface area contributed by atoms with Crippen molar-refractivity contribution < 1.29 is 18.7 Å². The van der Waals surface area contributed by atoms with Crippen LogP contribution in [0.3, 0.4) is 0 Å². The summed E-state index contributed by atoms with van der Waals surface area (Å²) in [6, 6.07) is 13.3. The van der Waals surface area contributed by atoms with E-state index in [2.05, 4.69) is 21.2 Å². The number of nitrogens with one attached hydrogen (secondary N) is 1. The highest BCUT2D eigenvalue weighted by Crippen LogP contribution is 2.26. The molecule has 8 heteroatoms. The normalized spacial score (nSPS) is 10.4. The molecule has 0 spiro atoms. The molecule has 0 atom stereocenters. The Morgan fingerprint density at radius 1 is 1.30 bits per heavy atom. The highest BCUT2D eigenvalue weighted by molar-refractivity contribution is 9.10. The lowest BCUT2D eigenvalue weighted by Gasteiger charge is -2.09. The first kappa shape index (κ1) is 20.7. The topological polar surface area (TPSA) is 79.2 Å². The summed E-state index contributed by atoms with van der Waals surface area (Å²) in [5, 5.41) is 11.3. The molecule has 27 heavy (non-hydrogen) atoms. The Morgan fingerprint density at radius 2 is 2.07 bits per heavy atom. The lowest BCUT2D eigenvalue weighted by Crippen LogP contribution is -2.20. The van der Waals surface area contributed by atoms with Crippen LogP contribution in [0.4, 0.5) is 10.1 Å². The van der Waals surface area contributed by atoms with Crippen molar-refractivity contribution in [2.45, 2.75) is 4.90 Å². The first-order chi connectivity index (χ1) is 13.0. The molecule has 5 nitrogen and oxygen atoms in total. The van der Waals surface area contributed by atoms with E-state index in [-0.39, 0.29) is 11.3 Å². The van der Waals surface area contributed by atoms with Crippen molar-refractivity contribution in [1.82, 2.24) is 0 Å².